The molecule has 0 atom stereocenters. The van der Waals surface area contributed by atoms with Crippen LogP contribution in [0.3, 0.4) is 0 Å². The Balaban J connectivity index is 1.88. The maximum atomic E-state index is 5.80. The van der Waals surface area contributed by atoms with E-state index in [9.17, 15) is 0 Å². The first-order chi connectivity index (χ1) is 7.83. The molecule has 0 saturated carbocycles. The van der Waals surface area contributed by atoms with Gasteiger partial charge >= 0.3 is 0 Å². The molecule has 0 N–H and O–H groups in total. The van der Waals surface area contributed by atoms with E-state index >= 15 is 0 Å². The summed E-state index contributed by atoms with van der Waals surface area (Å²) in [6.45, 7) is 1.92. The molecule has 82 valence electrons. The smallest absolute Gasteiger partial charge is 0.224 e. The molecule has 2 aromatic heterocycles. The van der Waals surface area contributed by atoms with Crippen LogP contribution in [0.25, 0.3) is 0 Å². The van der Waals surface area contributed by atoms with Crippen LogP contribution in [0.5, 0.6) is 0 Å². The second-order valence-corrected chi connectivity index (χ2v) is 5.06. The lowest BCUT2D eigenvalue weighted by molar-refractivity contribution is 0.730. The standard InChI is InChI=1S/C11H10ClN3S/c12-11-13-4-1-10(14-11)15-5-2-9-8(7-15)3-6-16-9/h1,3-4,6H,2,5,7H2. The Morgan fingerprint density at radius 1 is 1.38 bits per heavy atom. The van der Waals surface area contributed by atoms with Crippen LogP contribution in [-0.4, -0.2) is 16.5 Å². The van der Waals surface area contributed by atoms with Gasteiger partial charge in [-0.1, -0.05) is 0 Å². The van der Waals surface area contributed by atoms with E-state index in [0.717, 1.165) is 25.3 Å². The minimum absolute atomic E-state index is 0.314. The van der Waals surface area contributed by atoms with Crippen LogP contribution in [0, 0.1) is 0 Å². The van der Waals surface area contributed by atoms with Gasteiger partial charge in [-0.2, -0.15) is 0 Å². The van der Waals surface area contributed by atoms with Crippen molar-refractivity contribution in [2.45, 2.75) is 13.0 Å². The van der Waals surface area contributed by atoms with Crippen LogP contribution >= 0.6 is 22.9 Å². The SMILES string of the molecule is Clc1nccc(N2CCc3sccc3C2)n1. The Labute approximate surface area is 103 Å². The summed E-state index contributed by atoms with van der Waals surface area (Å²) in [7, 11) is 0. The minimum Gasteiger partial charge on any atom is -0.352 e. The highest BCUT2D eigenvalue weighted by Crippen LogP contribution is 2.26. The first-order valence-electron chi connectivity index (χ1n) is 5.12. The molecule has 3 rings (SSSR count). The van der Waals surface area contributed by atoms with Gasteiger partial charge in [-0.25, -0.2) is 9.97 Å². The number of anilines is 1. The quantitative estimate of drug-likeness (QED) is 0.730. The van der Waals surface area contributed by atoms with E-state index in [4.69, 9.17) is 11.6 Å². The predicted molar refractivity (Wildman–Crippen MR) is 66.1 cm³/mol. The van der Waals surface area contributed by atoms with Gasteiger partial charge in [0.2, 0.25) is 5.28 Å². The molecule has 1 aliphatic heterocycles. The summed E-state index contributed by atoms with van der Waals surface area (Å²) in [5.41, 5.74) is 1.41. The van der Waals surface area contributed by atoms with E-state index in [1.54, 1.807) is 6.20 Å². The highest BCUT2D eigenvalue weighted by molar-refractivity contribution is 7.10. The normalized spacial score (nSPS) is 14.9. The van der Waals surface area contributed by atoms with Crippen LogP contribution < -0.4 is 4.90 Å². The van der Waals surface area contributed by atoms with Gasteiger partial charge in [-0.3, -0.25) is 0 Å². The molecule has 1 aliphatic rings. The maximum absolute atomic E-state index is 5.80. The molecule has 0 fully saturated rings. The van der Waals surface area contributed by atoms with Crippen molar-refractivity contribution in [3.8, 4) is 0 Å². The van der Waals surface area contributed by atoms with E-state index in [1.807, 2.05) is 17.4 Å². The molecule has 16 heavy (non-hydrogen) atoms. The number of halogens is 1. The molecule has 0 aromatic carbocycles. The maximum Gasteiger partial charge on any atom is 0.224 e. The predicted octanol–water partition coefficient (Wildman–Crippen LogP) is 2.75. The molecule has 3 nitrogen and oxygen atoms in total. The molecular formula is C11H10ClN3S. The fourth-order valence-electron chi connectivity index (χ4n) is 1.95. The van der Waals surface area contributed by atoms with E-state index < -0.39 is 0 Å². The van der Waals surface area contributed by atoms with Crippen molar-refractivity contribution in [1.29, 1.82) is 0 Å². The molecule has 0 radical (unpaired) electrons. The second-order valence-electron chi connectivity index (χ2n) is 3.72. The first kappa shape index (κ1) is 10.1. The van der Waals surface area contributed by atoms with Crippen molar-refractivity contribution in [2.24, 2.45) is 0 Å². The molecule has 0 unspecified atom stereocenters. The van der Waals surface area contributed by atoms with Crippen LogP contribution in [0.4, 0.5) is 5.82 Å². The van der Waals surface area contributed by atoms with Crippen LogP contribution in [0.2, 0.25) is 5.28 Å². The van der Waals surface area contributed by atoms with Crippen molar-refractivity contribution in [1.82, 2.24) is 9.97 Å². The first-order valence-corrected chi connectivity index (χ1v) is 6.37. The fourth-order valence-corrected chi connectivity index (χ4v) is 2.98. The van der Waals surface area contributed by atoms with Gasteiger partial charge in [0, 0.05) is 24.2 Å². The van der Waals surface area contributed by atoms with Gasteiger partial charge in [-0.15, -0.1) is 11.3 Å². The van der Waals surface area contributed by atoms with Crippen LogP contribution in [0.1, 0.15) is 10.4 Å². The third-order valence-corrected chi connectivity index (χ3v) is 3.95. The molecule has 0 amide bonds. The number of nitrogens with zero attached hydrogens (tertiary/aromatic N) is 3. The van der Waals surface area contributed by atoms with Gasteiger partial charge in [-0.05, 0) is 41.1 Å². The number of hydrogen-bond acceptors (Lipinski definition) is 4. The number of rotatable bonds is 1. The zero-order chi connectivity index (χ0) is 11.0. The third-order valence-electron chi connectivity index (χ3n) is 2.74. The van der Waals surface area contributed by atoms with Crippen molar-refractivity contribution in [2.75, 3.05) is 11.4 Å². The lowest BCUT2D eigenvalue weighted by Crippen LogP contribution is -2.30. The highest BCUT2D eigenvalue weighted by atomic mass is 35.5. The Morgan fingerprint density at radius 3 is 3.19 bits per heavy atom. The summed E-state index contributed by atoms with van der Waals surface area (Å²) in [4.78, 5) is 11.9. The minimum atomic E-state index is 0.314. The number of aromatic nitrogens is 2. The molecule has 3 heterocycles. The van der Waals surface area contributed by atoms with Crippen molar-refractivity contribution in [3.05, 3.63) is 39.4 Å². The number of thiophene rings is 1. The third kappa shape index (κ3) is 1.79. The highest BCUT2D eigenvalue weighted by Gasteiger charge is 2.18. The van der Waals surface area contributed by atoms with Crippen molar-refractivity contribution >= 4 is 28.8 Å². The lowest BCUT2D eigenvalue weighted by atomic mass is 10.1. The molecule has 0 spiro atoms. The number of hydrogen-bond donors (Lipinski definition) is 0. The molecule has 2 aromatic rings. The Morgan fingerprint density at radius 2 is 2.31 bits per heavy atom. The monoisotopic (exact) mass is 251 g/mol. The van der Waals surface area contributed by atoms with E-state index in [2.05, 4.69) is 26.3 Å². The Bertz CT molecular complexity index is 511. The number of fused-ring (bicyclic) bond motifs is 1. The molecule has 5 heteroatoms. The fraction of sp³-hybridized carbons (Fsp3) is 0.273. The Kier molecular flexibility index (Phi) is 2.53. The van der Waals surface area contributed by atoms with Gasteiger partial charge in [0.25, 0.3) is 0 Å². The van der Waals surface area contributed by atoms with Gasteiger partial charge in [0.05, 0.1) is 0 Å². The van der Waals surface area contributed by atoms with Crippen molar-refractivity contribution in [3.63, 3.8) is 0 Å². The summed E-state index contributed by atoms with van der Waals surface area (Å²) < 4.78 is 0. The summed E-state index contributed by atoms with van der Waals surface area (Å²) in [5, 5.41) is 2.47. The summed E-state index contributed by atoms with van der Waals surface area (Å²) in [6.07, 6.45) is 2.79. The van der Waals surface area contributed by atoms with Gasteiger partial charge < -0.3 is 4.90 Å². The largest absolute Gasteiger partial charge is 0.352 e. The topological polar surface area (TPSA) is 29.0 Å². The second kappa shape index (κ2) is 4.03. The van der Waals surface area contributed by atoms with Gasteiger partial charge in [0.15, 0.2) is 0 Å². The average molecular weight is 252 g/mol. The van der Waals surface area contributed by atoms with E-state index in [1.165, 1.54) is 10.4 Å². The Hall–Kier alpha value is -1.13. The summed E-state index contributed by atoms with van der Waals surface area (Å²) in [5.74, 6) is 0.914. The zero-order valence-electron chi connectivity index (χ0n) is 8.56. The molecular weight excluding hydrogens is 242 g/mol. The average Bonchev–Trinajstić information content (AvgIpc) is 2.75. The molecule has 0 saturated heterocycles. The van der Waals surface area contributed by atoms with Crippen LogP contribution in [0.15, 0.2) is 23.7 Å². The summed E-state index contributed by atoms with van der Waals surface area (Å²) in [6, 6.07) is 4.10. The van der Waals surface area contributed by atoms with E-state index in [0.29, 0.717) is 5.28 Å². The van der Waals surface area contributed by atoms with Crippen LogP contribution in [-0.2, 0) is 13.0 Å². The molecule has 0 bridgehead atoms. The summed E-state index contributed by atoms with van der Waals surface area (Å²) >= 11 is 7.64. The van der Waals surface area contributed by atoms with E-state index in [-0.39, 0.29) is 0 Å². The lowest BCUT2D eigenvalue weighted by Gasteiger charge is -2.27. The molecule has 0 aliphatic carbocycles. The zero-order valence-corrected chi connectivity index (χ0v) is 10.1. The van der Waals surface area contributed by atoms with Crippen molar-refractivity contribution < 1.29 is 0 Å². The van der Waals surface area contributed by atoms with Gasteiger partial charge in [0.1, 0.15) is 5.82 Å².